The fourth-order valence-corrected chi connectivity index (χ4v) is 3.07. The van der Waals surface area contributed by atoms with Crippen LogP contribution >= 0.6 is 0 Å². The van der Waals surface area contributed by atoms with Crippen molar-refractivity contribution in [1.82, 2.24) is 30.0 Å². The maximum Gasteiger partial charge on any atom is 0.289 e. The largest absolute Gasteiger partial charge is 0.459 e. The van der Waals surface area contributed by atoms with E-state index in [-0.39, 0.29) is 17.5 Å². The van der Waals surface area contributed by atoms with Gasteiger partial charge in [0.05, 0.1) is 17.8 Å². The molecule has 0 saturated carbocycles. The Morgan fingerprint density at radius 2 is 2.04 bits per heavy atom. The van der Waals surface area contributed by atoms with Gasteiger partial charge in [0.2, 0.25) is 0 Å². The average Bonchev–Trinajstić information content (AvgIpc) is 3.32. The van der Waals surface area contributed by atoms with Gasteiger partial charge in [-0.05, 0) is 49.8 Å². The summed E-state index contributed by atoms with van der Waals surface area (Å²) in [4.78, 5) is 16.5. The predicted molar refractivity (Wildman–Crippen MR) is 92.0 cm³/mol. The number of rotatable bonds is 5. The Morgan fingerprint density at radius 3 is 2.64 bits per heavy atom. The Balaban J connectivity index is 1.66. The highest BCUT2D eigenvalue weighted by Crippen LogP contribution is 2.26. The molecule has 2 aromatic heterocycles. The summed E-state index contributed by atoms with van der Waals surface area (Å²) < 4.78 is 7.14. The Morgan fingerprint density at radius 1 is 1.32 bits per heavy atom. The molecule has 1 unspecified atom stereocenters. The van der Waals surface area contributed by atoms with E-state index in [2.05, 4.69) is 48.1 Å². The summed E-state index contributed by atoms with van der Waals surface area (Å²) in [5.41, 5.74) is -0.121. The van der Waals surface area contributed by atoms with E-state index < -0.39 is 0 Å². The fraction of sp³-hybridized carbons (Fsp3) is 0.647. The van der Waals surface area contributed by atoms with Crippen molar-refractivity contribution in [3.05, 3.63) is 30.0 Å². The molecule has 1 amide bonds. The lowest BCUT2D eigenvalue weighted by Gasteiger charge is -2.38. The highest BCUT2D eigenvalue weighted by Gasteiger charge is 2.31. The van der Waals surface area contributed by atoms with Gasteiger partial charge in [-0.3, -0.25) is 9.69 Å². The zero-order valence-corrected chi connectivity index (χ0v) is 15.3. The first-order valence-corrected chi connectivity index (χ1v) is 8.79. The van der Waals surface area contributed by atoms with Crippen LogP contribution in [-0.2, 0) is 5.54 Å². The average molecular weight is 346 g/mol. The number of hydrogen-bond donors (Lipinski definition) is 0. The van der Waals surface area contributed by atoms with Gasteiger partial charge in [0.15, 0.2) is 11.6 Å². The second-order valence-electron chi connectivity index (χ2n) is 7.10. The van der Waals surface area contributed by atoms with Crippen LogP contribution in [0.3, 0.4) is 0 Å². The molecular formula is C17H26N6O2. The van der Waals surface area contributed by atoms with E-state index in [0.717, 1.165) is 25.3 Å². The second-order valence-corrected chi connectivity index (χ2v) is 7.10. The lowest BCUT2D eigenvalue weighted by molar-refractivity contribution is 0.0537. The van der Waals surface area contributed by atoms with Gasteiger partial charge < -0.3 is 9.32 Å². The molecule has 1 atom stereocenters. The highest BCUT2D eigenvalue weighted by molar-refractivity contribution is 5.91. The van der Waals surface area contributed by atoms with E-state index in [0.29, 0.717) is 18.8 Å². The summed E-state index contributed by atoms with van der Waals surface area (Å²) in [7, 11) is 0. The molecule has 8 nitrogen and oxygen atoms in total. The molecule has 0 N–H and O–H groups in total. The van der Waals surface area contributed by atoms with E-state index in [1.54, 1.807) is 12.1 Å². The third-order valence-electron chi connectivity index (χ3n) is 5.19. The summed E-state index contributed by atoms with van der Waals surface area (Å²) in [6, 6.07) is 3.54. The van der Waals surface area contributed by atoms with Gasteiger partial charge in [-0.25, -0.2) is 4.68 Å². The number of tetrazole rings is 1. The maximum absolute atomic E-state index is 12.4. The third kappa shape index (κ3) is 3.44. The van der Waals surface area contributed by atoms with Crippen LogP contribution in [0.1, 0.15) is 56.5 Å². The number of furan rings is 1. The molecule has 0 aliphatic carbocycles. The van der Waals surface area contributed by atoms with E-state index in [9.17, 15) is 4.79 Å². The van der Waals surface area contributed by atoms with Crippen molar-refractivity contribution in [1.29, 1.82) is 0 Å². The van der Waals surface area contributed by atoms with Gasteiger partial charge in [-0.2, -0.15) is 0 Å². The van der Waals surface area contributed by atoms with Crippen LogP contribution in [0.25, 0.3) is 0 Å². The molecule has 3 rings (SSSR count). The van der Waals surface area contributed by atoms with Crippen LogP contribution in [0, 0.1) is 0 Å². The Hall–Kier alpha value is -2.22. The van der Waals surface area contributed by atoms with Crippen LogP contribution in [0.5, 0.6) is 0 Å². The molecule has 1 fully saturated rings. The third-order valence-corrected chi connectivity index (χ3v) is 5.19. The molecule has 1 saturated heterocycles. The minimum atomic E-state index is -0.121. The van der Waals surface area contributed by atoms with Crippen LogP contribution in [0.2, 0.25) is 0 Å². The summed E-state index contributed by atoms with van der Waals surface area (Å²) >= 11 is 0. The molecule has 8 heteroatoms. The van der Waals surface area contributed by atoms with Crippen LogP contribution < -0.4 is 0 Å². The molecule has 3 heterocycles. The predicted octanol–water partition coefficient (Wildman–Crippen LogP) is 1.93. The number of amides is 1. The van der Waals surface area contributed by atoms with Crippen LogP contribution in [-0.4, -0.2) is 62.1 Å². The van der Waals surface area contributed by atoms with Crippen molar-refractivity contribution in [2.24, 2.45) is 0 Å². The molecule has 1 aliphatic heterocycles. The lowest BCUT2D eigenvalue weighted by Crippen LogP contribution is -2.49. The van der Waals surface area contributed by atoms with Gasteiger partial charge in [0.25, 0.3) is 5.91 Å². The second kappa shape index (κ2) is 6.95. The summed E-state index contributed by atoms with van der Waals surface area (Å²) in [5.74, 6) is 1.22. The zero-order valence-electron chi connectivity index (χ0n) is 15.3. The van der Waals surface area contributed by atoms with Gasteiger partial charge in [0.1, 0.15) is 0 Å². The molecule has 0 bridgehead atoms. The maximum atomic E-state index is 12.4. The minimum absolute atomic E-state index is 0.0470. The lowest BCUT2D eigenvalue weighted by atomic mass is 10.0. The minimum Gasteiger partial charge on any atom is -0.459 e. The summed E-state index contributed by atoms with van der Waals surface area (Å²) in [6.07, 6.45) is 2.48. The van der Waals surface area contributed by atoms with Crippen molar-refractivity contribution in [3.8, 4) is 0 Å². The quantitative estimate of drug-likeness (QED) is 0.823. The van der Waals surface area contributed by atoms with E-state index in [1.165, 1.54) is 6.26 Å². The fourth-order valence-electron chi connectivity index (χ4n) is 3.07. The Kier molecular flexibility index (Phi) is 4.89. The molecular weight excluding hydrogens is 320 g/mol. The summed E-state index contributed by atoms with van der Waals surface area (Å²) in [5, 5.41) is 12.4. The number of hydrogen-bond acceptors (Lipinski definition) is 6. The number of carbonyl (C=O) groups is 1. The highest BCUT2D eigenvalue weighted by atomic mass is 16.3. The summed E-state index contributed by atoms with van der Waals surface area (Å²) in [6.45, 7) is 11.4. The number of carbonyl (C=O) groups excluding carboxylic acids is 1. The van der Waals surface area contributed by atoms with Crippen molar-refractivity contribution in [2.45, 2.75) is 45.7 Å². The monoisotopic (exact) mass is 346 g/mol. The smallest absolute Gasteiger partial charge is 0.289 e. The van der Waals surface area contributed by atoms with Crippen molar-refractivity contribution < 1.29 is 9.21 Å². The standard InChI is InChI=1S/C17H26N6O2/c1-5-17(3,4)23-15(18-19-20-23)13(2)21-8-10-22(11-9-21)16(24)14-7-6-12-25-14/h6-7,12-13H,5,8-11H2,1-4H3. The van der Waals surface area contributed by atoms with E-state index in [4.69, 9.17) is 4.42 Å². The molecule has 0 aromatic carbocycles. The van der Waals surface area contributed by atoms with E-state index >= 15 is 0 Å². The SMILES string of the molecule is CCC(C)(C)n1nnnc1C(C)N1CCN(C(=O)c2ccco2)CC1. The van der Waals surface area contributed by atoms with E-state index in [1.807, 2.05) is 9.58 Å². The first-order chi connectivity index (χ1) is 11.9. The van der Waals surface area contributed by atoms with Crippen LogP contribution in [0.4, 0.5) is 0 Å². The Bertz CT molecular complexity index is 701. The zero-order chi connectivity index (χ0) is 18.0. The molecule has 0 spiro atoms. The molecule has 25 heavy (non-hydrogen) atoms. The molecule has 2 aromatic rings. The number of nitrogens with zero attached hydrogens (tertiary/aromatic N) is 6. The number of piperazine rings is 1. The van der Waals surface area contributed by atoms with Gasteiger partial charge >= 0.3 is 0 Å². The van der Waals surface area contributed by atoms with Crippen molar-refractivity contribution in [3.63, 3.8) is 0 Å². The molecule has 0 radical (unpaired) electrons. The van der Waals surface area contributed by atoms with Gasteiger partial charge in [-0.1, -0.05) is 6.92 Å². The van der Waals surface area contributed by atoms with Gasteiger partial charge in [-0.15, -0.1) is 5.10 Å². The van der Waals surface area contributed by atoms with Crippen LogP contribution in [0.15, 0.2) is 22.8 Å². The van der Waals surface area contributed by atoms with Crippen molar-refractivity contribution >= 4 is 5.91 Å². The number of aromatic nitrogens is 4. The van der Waals surface area contributed by atoms with Gasteiger partial charge in [0, 0.05) is 26.2 Å². The van der Waals surface area contributed by atoms with Crippen molar-refractivity contribution in [2.75, 3.05) is 26.2 Å². The first kappa shape index (κ1) is 17.6. The first-order valence-electron chi connectivity index (χ1n) is 8.79. The Labute approximate surface area is 147 Å². The normalized spacial score (nSPS) is 17.7. The molecule has 136 valence electrons. The molecule has 1 aliphatic rings. The topological polar surface area (TPSA) is 80.3 Å².